The van der Waals surface area contributed by atoms with Crippen LogP contribution in [0.25, 0.3) is 10.9 Å². The summed E-state index contributed by atoms with van der Waals surface area (Å²) in [4.78, 5) is 12.1. The summed E-state index contributed by atoms with van der Waals surface area (Å²) in [7, 11) is 0. The number of aromatic nitrogens is 1. The molecule has 5 heteroatoms. The summed E-state index contributed by atoms with van der Waals surface area (Å²) < 4.78 is 7.16. The van der Waals surface area contributed by atoms with E-state index in [1.54, 1.807) is 6.07 Å². The molecule has 1 aliphatic rings. The van der Waals surface area contributed by atoms with Crippen molar-refractivity contribution >= 4 is 16.8 Å². The third-order valence-corrected chi connectivity index (χ3v) is 3.83. The van der Waals surface area contributed by atoms with Gasteiger partial charge in [-0.25, -0.2) is 0 Å². The number of rotatable bonds is 3. The van der Waals surface area contributed by atoms with Gasteiger partial charge in [0.25, 0.3) is 0 Å². The van der Waals surface area contributed by atoms with Gasteiger partial charge in [0.15, 0.2) is 0 Å². The van der Waals surface area contributed by atoms with Gasteiger partial charge in [-0.05, 0) is 31.0 Å². The quantitative estimate of drug-likeness (QED) is 0.934. The minimum Gasteiger partial charge on any atom is -0.381 e. The summed E-state index contributed by atoms with van der Waals surface area (Å²) in [6.45, 7) is 1.70. The van der Waals surface area contributed by atoms with Crippen LogP contribution in [0, 0.1) is 11.3 Å². The molecule has 21 heavy (non-hydrogen) atoms. The first-order valence-corrected chi connectivity index (χ1v) is 7.13. The summed E-state index contributed by atoms with van der Waals surface area (Å²) in [6, 6.07) is 9.83. The normalized spacial score (nSPS) is 15.8. The molecule has 0 radical (unpaired) electrons. The summed E-state index contributed by atoms with van der Waals surface area (Å²) in [5, 5.41) is 13.0. The van der Waals surface area contributed by atoms with E-state index in [1.165, 1.54) is 0 Å². The van der Waals surface area contributed by atoms with Crippen LogP contribution in [-0.4, -0.2) is 29.7 Å². The SMILES string of the molecule is N#Cc1cccc2c1ccn2CC(=O)NC1CCOCC1. The van der Waals surface area contributed by atoms with Crippen LogP contribution in [0.3, 0.4) is 0 Å². The molecule has 0 saturated carbocycles. The molecule has 1 saturated heterocycles. The highest BCUT2D eigenvalue weighted by atomic mass is 16.5. The second-order valence-electron chi connectivity index (χ2n) is 5.25. The first kappa shape index (κ1) is 13.7. The van der Waals surface area contributed by atoms with E-state index < -0.39 is 0 Å². The highest BCUT2D eigenvalue weighted by Crippen LogP contribution is 2.19. The average Bonchev–Trinajstić information content (AvgIpc) is 2.91. The zero-order valence-electron chi connectivity index (χ0n) is 11.7. The Hall–Kier alpha value is -2.32. The smallest absolute Gasteiger partial charge is 0.240 e. The third-order valence-electron chi connectivity index (χ3n) is 3.83. The molecule has 1 N–H and O–H groups in total. The first-order chi connectivity index (χ1) is 10.3. The predicted molar refractivity (Wildman–Crippen MR) is 78.6 cm³/mol. The molecule has 5 nitrogen and oxygen atoms in total. The Labute approximate surface area is 123 Å². The van der Waals surface area contributed by atoms with E-state index in [9.17, 15) is 4.79 Å². The monoisotopic (exact) mass is 283 g/mol. The molecule has 1 fully saturated rings. The van der Waals surface area contributed by atoms with Gasteiger partial charge < -0.3 is 14.6 Å². The van der Waals surface area contributed by atoms with Gasteiger partial charge in [0.1, 0.15) is 6.54 Å². The van der Waals surface area contributed by atoms with Crippen LogP contribution < -0.4 is 5.32 Å². The van der Waals surface area contributed by atoms with E-state index in [-0.39, 0.29) is 18.5 Å². The largest absolute Gasteiger partial charge is 0.381 e. The molecule has 1 aromatic carbocycles. The van der Waals surface area contributed by atoms with Crippen molar-refractivity contribution in [1.29, 1.82) is 5.26 Å². The van der Waals surface area contributed by atoms with Gasteiger partial charge in [-0.15, -0.1) is 0 Å². The summed E-state index contributed by atoms with van der Waals surface area (Å²) >= 11 is 0. The zero-order chi connectivity index (χ0) is 14.7. The van der Waals surface area contributed by atoms with Gasteiger partial charge in [0.05, 0.1) is 11.6 Å². The Morgan fingerprint density at radius 3 is 2.95 bits per heavy atom. The number of fused-ring (bicyclic) bond motifs is 1. The second kappa shape index (κ2) is 5.98. The molecule has 2 heterocycles. The molecule has 0 bridgehead atoms. The summed E-state index contributed by atoms with van der Waals surface area (Å²) in [6.07, 6.45) is 3.60. The van der Waals surface area contributed by atoms with Gasteiger partial charge in [-0.1, -0.05) is 6.07 Å². The Bertz CT molecular complexity index is 693. The highest BCUT2D eigenvalue weighted by molar-refractivity contribution is 5.87. The van der Waals surface area contributed by atoms with Crippen molar-refractivity contribution < 1.29 is 9.53 Å². The summed E-state index contributed by atoms with van der Waals surface area (Å²) in [5.41, 5.74) is 1.55. The summed E-state index contributed by atoms with van der Waals surface area (Å²) in [5.74, 6) is 0.00163. The van der Waals surface area contributed by atoms with Crippen molar-refractivity contribution in [3.8, 4) is 6.07 Å². The van der Waals surface area contributed by atoms with Crippen LogP contribution in [0.1, 0.15) is 18.4 Å². The fourth-order valence-electron chi connectivity index (χ4n) is 2.73. The Balaban J connectivity index is 1.73. The predicted octanol–water partition coefficient (Wildman–Crippen LogP) is 1.81. The van der Waals surface area contributed by atoms with Crippen molar-refractivity contribution in [2.45, 2.75) is 25.4 Å². The molecule has 3 rings (SSSR count). The fourth-order valence-corrected chi connectivity index (χ4v) is 2.73. The van der Waals surface area contributed by atoms with Crippen LogP contribution in [0.5, 0.6) is 0 Å². The number of hydrogen-bond donors (Lipinski definition) is 1. The maximum absolute atomic E-state index is 12.1. The van der Waals surface area contributed by atoms with Crippen molar-refractivity contribution in [3.63, 3.8) is 0 Å². The molecule has 0 unspecified atom stereocenters. The molecule has 1 aliphatic heterocycles. The first-order valence-electron chi connectivity index (χ1n) is 7.13. The van der Waals surface area contributed by atoms with Crippen molar-refractivity contribution in [1.82, 2.24) is 9.88 Å². The highest BCUT2D eigenvalue weighted by Gasteiger charge is 2.16. The third kappa shape index (κ3) is 2.91. The standard InChI is InChI=1S/C16H17N3O2/c17-10-12-2-1-3-15-14(12)4-7-19(15)11-16(20)18-13-5-8-21-9-6-13/h1-4,7,13H,5-6,8-9,11H2,(H,18,20). The molecular weight excluding hydrogens is 266 g/mol. The van der Waals surface area contributed by atoms with E-state index in [4.69, 9.17) is 10.00 Å². The lowest BCUT2D eigenvalue weighted by Crippen LogP contribution is -2.40. The number of nitrogens with one attached hydrogen (secondary N) is 1. The maximum Gasteiger partial charge on any atom is 0.240 e. The van der Waals surface area contributed by atoms with E-state index in [1.807, 2.05) is 29.0 Å². The Kier molecular flexibility index (Phi) is 3.89. The Morgan fingerprint density at radius 2 is 2.19 bits per heavy atom. The van der Waals surface area contributed by atoms with Crippen LogP contribution in [0.2, 0.25) is 0 Å². The number of nitrogens with zero attached hydrogens (tertiary/aromatic N) is 2. The van der Waals surface area contributed by atoms with E-state index >= 15 is 0 Å². The van der Waals surface area contributed by atoms with Crippen molar-refractivity contribution in [3.05, 3.63) is 36.0 Å². The number of benzene rings is 1. The topological polar surface area (TPSA) is 67.0 Å². The average molecular weight is 283 g/mol. The Morgan fingerprint density at radius 1 is 1.38 bits per heavy atom. The number of hydrogen-bond acceptors (Lipinski definition) is 3. The van der Waals surface area contributed by atoms with E-state index in [0.29, 0.717) is 18.8 Å². The molecule has 0 aliphatic carbocycles. The minimum absolute atomic E-state index is 0.00163. The maximum atomic E-state index is 12.1. The molecule has 108 valence electrons. The minimum atomic E-state index is 0.00163. The lowest BCUT2D eigenvalue weighted by molar-refractivity contribution is -0.122. The van der Waals surface area contributed by atoms with E-state index in [0.717, 1.165) is 23.7 Å². The van der Waals surface area contributed by atoms with Gasteiger partial charge in [0, 0.05) is 36.4 Å². The zero-order valence-corrected chi connectivity index (χ0v) is 11.7. The van der Waals surface area contributed by atoms with Gasteiger partial charge in [-0.2, -0.15) is 5.26 Å². The van der Waals surface area contributed by atoms with E-state index in [2.05, 4.69) is 11.4 Å². The lowest BCUT2D eigenvalue weighted by atomic mass is 10.1. The van der Waals surface area contributed by atoms with Gasteiger partial charge >= 0.3 is 0 Å². The van der Waals surface area contributed by atoms with Gasteiger partial charge in [0.2, 0.25) is 5.91 Å². The van der Waals surface area contributed by atoms with Crippen molar-refractivity contribution in [2.75, 3.05) is 13.2 Å². The number of nitriles is 1. The van der Waals surface area contributed by atoms with Crippen LogP contribution in [0.15, 0.2) is 30.5 Å². The number of amides is 1. The van der Waals surface area contributed by atoms with Crippen LogP contribution in [-0.2, 0) is 16.1 Å². The number of carbonyl (C=O) groups is 1. The molecule has 2 aromatic rings. The second-order valence-corrected chi connectivity index (χ2v) is 5.25. The van der Waals surface area contributed by atoms with Crippen LogP contribution in [0.4, 0.5) is 0 Å². The molecule has 0 spiro atoms. The molecule has 1 amide bonds. The fraction of sp³-hybridized carbons (Fsp3) is 0.375. The molecular formula is C16H17N3O2. The molecule has 0 atom stereocenters. The number of carbonyl (C=O) groups excluding carboxylic acids is 1. The van der Waals surface area contributed by atoms with Crippen molar-refractivity contribution in [2.24, 2.45) is 0 Å². The lowest BCUT2D eigenvalue weighted by Gasteiger charge is -2.23. The number of ether oxygens (including phenoxy) is 1. The van der Waals surface area contributed by atoms with Crippen LogP contribution >= 0.6 is 0 Å². The molecule has 1 aromatic heterocycles. The van der Waals surface area contributed by atoms with Gasteiger partial charge in [-0.3, -0.25) is 4.79 Å².